The molecule has 1 aliphatic rings. The number of ether oxygens (including phenoxy) is 2. The molecule has 13 heteroatoms. The minimum Gasteiger partial charge on any atom is -0.482 e. The van der Waals surface area contributed by atoms with Crippen LogP contribution in [-0.4, -0.2) is 72.8 Å². The number of esters is 1. The first-order valence-electron chi connectivity index (χ1n) is 9.83. The first kappa shape index (κ1) is 26.1. The maximum atomic E-state index is 12.8. The summed E-state index contributed by atoms with van der Waals surface area (Å²) in [6.07, 6.45) is -4.61. The van der Waals surface area contributed by atoms with E-state index in [0.29, 0.717) is 11.4 Å². The van der Waals surface area contributed by atoms with Gasteiger partial charge in [-0.25, -0.2) is 4.79 Å². The molecule has 0 spiro atoms. The minimum absolute atomic E-state index is 0.138. The van der Waals surface area contributed by atoms with Gasteiger partial charge in [0.1, 0.15) is 22.9 Å². The first-order chi connectivity index (χ1) is 15.6. The summed E-state index contributed by atoms with van der Waals surface area (Å²) < 4.78 is 47.1. The molecule has 0 radical (unpaired) electrons. The average Bonchev–Trinajstić information content (AvgIpc) is 3.09. The van der Waals surface area contributed by atoms with Crippen LogP contribution in [-0.2, 0) is 19.1 Å². The van der Waals surface area contributed by atoms with Crippen LogP contribution in [0, 0.1) is 17.2 Å². The number of halogens is 3. The molecule has 2 N–H and O–H groups in total. The second-order valence-electron chi connectivity index (χ2n) is 6.85. The molecule has 33 heavy (non-hydrogen) atoms. The van der Waals surface area contributed by atoms with E-state index >= 15 is 0 Å². The molecule has 0 saturated carbocycles. The molecule has 1 heterocycles. The van der Waals surface area contributed by atoms with Crippen molar-refractivity contribution in [3.05, 3.63) is 24.3 Å². The van der Waals surface area contributed by atoms with E-state index in [1.165, 1.54) is 12.0 Å². The van der Waals surface area contributed by atoms with Gasteiger partial charge in [-0.3, -0.25) is 9.59 Å². The van der Waals surface area contributed by atoms with E-state index in [9.17, 15) is 32.8 Å². The smallest absolute Gasteiger partial charge is 0.405 e. The van der Waals surface area contributed by atoms with Gasteiger partial charge in [0.25, 0.3) is 0 Å². The van der Waals surface area contributed by atoms with E-state index in [2.05, 4.69) is 10.1 Å². The number of anilines is 1. The van der Waals surface area contributed by atoms with Crippen molar-refractivity contribution in [1.82, 2.24) is 10.2 Å². The lowest BCUT2D eigenvalue weighted by atomic mass is 10.1. The minimum atomic E-state index is -4.61. The third kappa shape index (κ3) is 7.45. The number of nitriles is 1. The predicted molar refractivity (Wildman–Crippen MR) is 113 cm³/mol. The Hall–Kier alpha value is -3.14. The lowest BCUT2D eigenvalue weighted by molar-refractivity contribution is -0.143. The zero-order valence-corrected chi connectivity index (χ0v) is 18.7. The molecule has 1 aromatic carbocycles. The number of methoxy groups -OCH3 is 1. The fourth-order valence-corrected chi connectivity index (χ4v) is 4.51. The summed E-state index contributed by atoms with van der Waals surface area (Å²) in [5.41, 5.74) is 0.594. The number of carbonyl (C=O) groups is 3. The van der Waals surface area contributed by atoms with Gasteiger partial charge in [0.2, 0.25) is 11.8 Å². The van der Waals surface area contributed by atoms with E-state index in [1.54, 1.807) is 42.6 Å². The molecule has 3 unspecified atom stereocenters. The number of hydrogen-bond acceptors (Lipinski definition) is 8. The number of amides is 2. The highest BCUT2D eigenvalue weighted by Crippen LogP contribution is 2.36. The van der Waals surface area contributed by atoms with Crippen LogP contribution in [0.25, 0.3) is 0 Å². The second kappa shape index (κ2) is 11.6. The molecule has 2 rings (SSSR count). The van der Waals surface area contributed by atoms with Crippen LogP contribution in [0.1, 0.15) is 6.92 Å². The van der Waals surface area contributed by atoms with E-state index in [0.717, 1.165) is 11.8 Å². The molecule has 0 bridgehead atoms. The molecule has 1 saturated heterocycles. The van der Waals surface area contributed by atoms with Crippen LogP contribution in [0.3, 0.4) is 0 Å². The van der Waals surface area contributed by atoms with Crippen LogP contribution in [0.15, 0.2) is 24.3 Å². The van der Waals surface area contributed by atoms with Crippen molar-refractivity contribution >= 4 is 35.2 Å². The predicted octanol–water partition coefficient (Wildman–Crippen LogP) is 1.76. The van der Waals surface area contributed by atoms with Crippen molar-refractivity contribution in [2.75, 3.05) is 38.7 Å². The Morgan fingerprint density at radius 2 is 2.09 bits per heavy atom. The Kier molecular flexibility index (Phi) is 9.22. The van der Waals surface area contributed by atoms with Crippen molar-refractivity contribution in [2.45, 2.75) is 23.7 Å². The van der Waals surface area contributed by atoms with Crippen LogP contribution in [0.5, 0.6) is 5.75 Å². The summed E-state index contributed by atoms with van der Waals surface area (Å²) in [6.45, 7) is 0.163. The molecule has 0 aliphatic carbocycles. The van der Waals surface area contributed by atoms with Gasteiger partial charge in [-0.2, -0.15) is 18.4 Å². The zero-order chi connectivity index (χ0) is 24.6. The van der Waals surface area contributed by atoms with Gasteiger partial charge in [-0.15, -0.1) is 11.8 Å². The molecule has 1 fully saturated rings. The third-order valence-corrected chi connectivity index (χ3v) is 6.09. The van der Waals surface area contributed by atoms with Crippen LogP contribution < -0.4 is 15.4 Å². The zero-order valence-electron chi connectivity index (χ0n) is 17.8. The summed E-state index contributed by atoms with van der Waals surface area (Å²) in [7, 11) is 1.24. The van der Waals surface area contributed by atoms with Gasteiger partial charge in [-0.1, -0.05) is 6.07 Å². The highest BCUT2D eigenvalue weighted by molar-refractivity contribution is 8.01. The van der Waals surface area contributed by atoms with E-state index < -0.39 is 41.1 Å². The molecule has 3 atom stereocenters. The third-order valence-electron chi connectivity index (χ3n) is 4.59. The lowest BCUT2D eigenvalue weighted by Crippen LogP contribution is -2.45. The van der Waals surface area contributed by atoms with Gasteiger partial charge < -0.3 is 25.0 Å². The Morgan fingerprint density at radius 1 is 1.36 bits per heavy atom. The number of hydrogen-bond donors (Lipinski definition) is 2. The second-order valence-corrected chi connectivity index (χ2v) is 8.18. The SMILES string of the molecule is CCN1C(=O)C(CNc2cccc(OCC(=O)OC)c2)SC1C(C#N)C(=O)NCC(F)(F)F. The van der Waals surface area contributed by atoms with Crippen molar-refractivity contribution in [3.8, 4) is 11.8 Å². The number of alkyl halides is 3. The highest BCUT2D eigenvalue weighted by Gasteiger charge is 2.46. The fourth-order valence-electron chi connectivity index (χ4n) is 3.00. The summed E-state index contributed by atoms with van der Waals surface area (Å²) in [5, 5.41) is 12.6. The summed E-state index contributed by atoms with van der Waals surface area (Å²) in [6, 6.07) is 8.37. The molecule has 180 valence electrons. The number of nitrogens with zero attached hydrogens (tertiary/aromatic N) is 2. The van der Waals surface area contributed by atoms with Crippen molar-refractivity contribution < 1.29 is 37.0 Å². The van der Waals surface area contributed by atoms with Gasteiger partial charge in [-0.05, 0) is 19.1 Å². The maximum Gasteiger partial charge on any atom is 0.405 e. The number of rotatable bonds is 10. The molecule has 1 aromatic rings. The summed E-state index contributed by atoms with van der Waals surface area (Å²) in [5.74, 6) is -3.01. The van der Waals surface area contributed by atoms with Gasteiger partial charge in [0.15, 0.2) is 12.5 Å². The summed E-state index contributed by atoms with van der Waals surface area (Å²) in [4.78, 5) is 37.5. The van der Waals surface area contributed by atoms with Crippen LogP contribution >= 0.6 is 11.8 Å². The molecule has 2 amide bonds. The van der Waals surface area contributed by atoms with Crippen molar-refractivity contribution in [1.29, 1.82) is 5.26 Å². The average molecular weight is 488 g/mol. The highest BCUT2D eigenvalue weighted by atomic mass is 32.2. The quantitative estimate of drug-likeness (QED) is 0.478. The Balaban J connectivity index is 2.02. The standard InChI is InChI=1S/C20H23F3N4O5S/c1-3-27-18(30)15(33-19(27)14(8-24)17(29)26-11-20(21,22)23)9-25-12-5-4-6-13(7-12)32-10-16(28)31-2/h4-7,14-15,19,25H,3,9-11H2,1-2H3,(H,26,29). The van der Waals surface area contributed by atoms with Gasteiger partial charge in [0, 0.05) is 24.8 Å². The van der Waals surface area contributed by atoms with Crippen molar-refractivity contribution in [3.63, 3.8) is 0 Å². The number of nitrogens with one attached hydrogen (secondary N) is 2. The van der Waals surface area contributed by atoms with Crippen LogP contribution in [0.4, 0.5) is 18.9 Å². The Labute approximate surface area is 192 Å². The van der Waals surface area contributed by atoms with Gasteiger partial charge >= 0.3 is 12.1 Å². The van der Waals surface area contributed by atoms with E-state index in [4.69, 9.17) is 4.74 Å². The first-order valence-corrected chi connectivity index (χ1v) is 10.8. The van der Waals surface area contributed by atoms with E-state index in [-0.39, 0.29) is 25.6 Å². The van der Waals surface area contributed by atoms with Crippen LogP contribution in [0.2, 0.25) is 0 Å². The Bertz CT molecular complexity index is 908. The fraction of sp³-hybridized carbons (Fsp3) is 0.500. The number of thioether (sulfide) groups is 1. The summed E-state index contributed by atoms with van der Waals surface area (Å²) >= 11 is 1.04. The molecule has 1 aliphatic heterocycles. The van der Waals surface area contributed by atoms with Crippen molar-refractivity contribution in [2.24, 2.45) is 5.92 Å². The molecular weight excluding hydrogens is 465 g/mol. The maximum absolute atomic E-state index is 12.8. The molecule has 0 aromatic heterocycles. The Morgan fingerprint density at radius 3 is 2.70 bits per heavy atom. The number of carbonyl (C=O) groups excluding carboxylic acids is 3. The van der Waals surface area contributed by atoms with Gasteiger partial charge in [0.05, 0.1) is 13.2 Å². The van der Waals surface area contributed by atoms with E-state index in [1.807, 2.05) is 0 Å². The normalized spacial score (nSPS) is 18.9. The number of benzene rings is 1. The monoisotopic (exact) mass is 488 g/mol. The molecule has 9 nitrogen and oxygen atoms in total. The molecular formula is C20H23F3N4O5S. The topological polar surface area (TPSA) is 121 Å². The largest absolute Gasteiger partial charge is 0.482 e. The lowest BCUT2D eigenvalue weighted by Gasteiger charge is -2.25.